The van der Waals surface area contributed by atoms with Crippen LogP contribution in [0.1, 0.15) is 447 Å². The number of aliphatic hydroxyl groups excluding tert-OH is 1. The van der Waals surface area contributed by atoms with Crippen molar-refractivity contribution in [3.8, 4) is 0 Å². The second kappa shape index (κ2) is 74.8. The summed E-state index contributed by atoms with van der Waals surface area (Å²) in [7, 11) is -9.93. The van der Waals surface area contributed by atoms with Crippen molar-refractivity contribution < 1.29 is 80.2 Å². The number of phosphoric acid groups is 2. The molecular weight excluding hydrogens is 1370 g/mol. The van der Waals surface area contributed by atoms with Crippen LogP contribution in [0.4, 0.5) is 0 Å². The van der Waals surface area contributed by atoms with Gasteiger partial charge in [0, 0.05) is 25.7 Å². The lowest BCUT2D eigenvalue weighted by Gasteiger charge is -2.21. The van der Waals surface area contributed by atoms with Gasteiger partial charge in [-0.25, -0.2) is 9.13 Å². The fraction of sp³-hybridized carbons (Fsp3) is 0.953. The Hall–Kier alpha value is -1.94. The van der Waals surface area contributed by atoms with Crippen molar-refractivity contribution >= 4 is 39.5 Å². The highest BCUT2D eigenvalue weighted by molar-refractivity contribution is 7.47. The van der Waals surface area contributed by atoms with Gasteiger partial charge in [0.2, 0.25) is 0 Å². The Balaban J connectivity index is 5.19. The lowest BCUT2D eigenvalue weighted by molar-refractivity contribution is -0.161. The van der Waals surface area contributed by atoms with Gasteiger partial charge in [-0.05, 0) is 49.4 Å². The van der Waals surface area contributed by atoms with Gasteiger partial charge >= 0.3 is 39.5 Å². The molecule has 0 saturated heterocycles. The highest BCUT2D eigenvalue weighted by atomic mass is 31.2. The van der Waals surface area contributed by atoms with Crippen molar-refractivity contribution in [2.24, 2.45) is 23.7 Å². The zero-order valence-electron chi connectivity index (χ0n) is 69.4. The molecule has 3 unspecified atom stereocenters. The summed E-state index contributed by atoms with van der Waals surface area (Å²) >= 11 is 0. The van der Waals surface area contributed by atoms with E-state index in [1.165, 1.54) is 244 Å². The van der Waals surface area contributed by atoms with Gasteiger partial charge < -0.3 is 33.8 Å². The van der Waals surface area contributed by atoms with Crippen molar-refractivity contribution in [2.75, 3.05) is 39.6 Å². The number of hydrogen-bond donors (Lipinski definition) is 3. The molecule has 105 heavy (non-hydrogen) atoms. The molecule has 0 amide bonds. The molecule has 0 aromatic carbocycles. The molecule has 17 nitrogen and oxygen atoms in total. The Morgan fingerprint density at radius 1 is 0.267 bits per heavy atom. The average molecular weight is 1540 g/mol. The van der Waals surface area contributed by atoms with E-state index in [1.54, 1.807) is 0 Å². The topological polar surface area (TPSA) is 237 Å². The first-order valence-corrected chi connectivity index (χ1v) is 47.2. The summed E-state index contributed by atoms with van der Waals surface area (Å²) in [6.07, 6.45) is 64.0. The average Bonchev–Trinajstić information content (AvgIpc) is 0.916. The Labute approximate surface area is 645 Å². The van der Waals surface area contributed by atoms with Crippen molar-refractivity contribution in [3.05, 3.63) is 0 Å². The second-order valence-corrected chi connectivity index (χ2v) is 35.5. The minimum absolute atomic E-state index is 0.107. The zero-order valence-corrected chi connectivity index (χ0v) is 71.2. The number of carbonyl (C=O) groups excluding carboxylic acids is 4. The van der Waals surface area contributed by atoms with Crippen LogP contribution in [0.5, 0.6) is 0 Å². The summed E-state index contributed by atoms with van der Waals surface area (Å²) in [5, 5.41) is 10.7. The third-order valence-corrected chi connectivity index (χ3v) is 22.3. The summed E-state index contributed by atoms with van der Waals surface area (Å²) in [5.74, 6) is 1.02. The van der Waals surface area contributed by atoms with E-state index in [1.807, 2.05) is 0 Å². The smallest absolute Gasteiger partial charge is 0.462 e. The SMILES string of the molecule is CCC(C)CCCCCCCCC(=O)OC[C@H](COP(=O)(O)OC[C@H](O)COP(=O)(O)OC[C@@H](COC(=O)CCCCCCCCCCCCC(C)C)OC(=O)CCCCCCCCCCCCCCCCCCCCC(C)C)OC(=O)CCCCCCCCCCCCCCCCCCCCC(C)C. The molecule has 0 heterocycles. The van der Waals surface area contributed by atoms with Crippen molar-refractivity contribution in [3.63, 3.8) is 0 Å². The molecule has 0 saturated carbocycles. The number of hydrogen-bond acceptors (Lipinski definition) is 15. The molecule has 0 bridgehead atoms. The lowest BCUT2D eigenvalue weighted by Crippen LogP contribution is -2.30. The fourth-order valence-electron chi connectivity index (χ4n) is 13.3. The molecule has 0 aliphatic carbocycles. The van der Waals surface area contributed by atoms with E-state index >= 15 is 0 Å². The fourth-order valence-corrected chi connectivity index (χ4v) is 14.9. The van der Waals surface area contributed by atoms with Gasteiger partial charge in [-0.15, -0.1) is 0 Å². The molecule has 0 aromatic heterocycles. The number of phosphoric ester groups is 2. The third-order valence-electron chi connectivity index (χ3n) is 20.4. The minimum Gasteiger partial charge on any atom is -0.462 e. The number of carbonyl (C=O) groups is 4. The van der Waals surface area contributed by atoms with Gasteiger partial charge in [0.05, 0.1) is 26.4 Å². The summed E-state index contributed by atoms with van der Waals surface area (Å²) in [4.78, 5) is 73.2. The van der Waals surface area contributed by atoms with Gasteiger partial charge in [0.15, 0.2) is 12.2 Å². The molecule has 624 valence electrons. The second-order valence-electron chi connectivity index (χ2n) is 32.6. The highest BCUT2D eigenvalue weighted by Crippen LogP contribution is 2.45. The van der Waals surface area contributed by atoms with Crippen LogP contribution in [0, 0.1) is 23.7 Å². The summed E-state index contributed by atoms with van der Waals surface area (Å²) < 4.78 is 68.9. The molecule has 0 radical (unpaired) electrons. The van der Waals surface area contributed by atoms with E-state index < -0.39 is 97.5 Å². The van der Waals surface area contributed by atoms with Crippen LogP contribution >= 0.6 is 15.6 Å². The van der Waals surface area contributed by atoms with Crippen LogP contribution < -0.4 is 0 Å². The first-order chi connectivity index (χ1) is 50.6. The number of unbranched alkanes of at least 4 members (excludes halogenated alkanes) is 48. The van der Waals surface area contributed by atoms with Crippen LogP contribution in [0.25, 0.3) is 0 Å². The first-order valence-electron chi connectivity index (χ1n) is 44.2. The molecular formula is C86H168O17P2. The molecule has 0 aliphatic rings. The van der Waals surface area contributed by atoms with Crippen LogP contribution in [-0.4, -0.2) is 96.7 Å². The van der Waals surface area contributed by atoms with E-state index in [4.69, 9.17) is 37.0 Å². The Kier molecular flexibility index (Phi) is 73.4. The Morgan fingerprint density at radius 2 is 0.457 bits per heavy atom. The van der Waals surface area contributed by atoms with Gasteiger partial charge in [0.1, 0.15) is 19.3 Å². The normalized spacial score (nSPS) is 14.2. The molecule has 0 spiro atoms. The van der Waals surface area contributed by atoms with Crippen LogP contribution in [-0.2, 0) is 65.4 Å². The van der Waals surface area contributed by atoms with Gasteiger partial charge in [-0.3, -0.25) is 37.3 Å². The van der Waals surface area contributed by atoms with Crippen molar-refractivity contribution in [1.82, 2.24) is 0 Å². The van der Waals surface area contributed by atoms with E-state index in [-0.39, 0.29) is 25.7 Å². The zero-order chi connectivity index (χ0) is 77.4. The Morgan fingerprint density at radius 3 is 0.676 bits per heavy atom. The Bertz CT molecular complexity index is 2040. The van der Waals surface area contributed by atoms with E-state index in [9.17, 15) is 43.2 Å². The maximum atomic E-state index is 13.1. The van der Waals surface area contributed by atoms with Gasteiger partial charge in [-0.2, -0.15) is 0 Å². The van der Waals surface area contributed by atoms with Gasteiger partial charge in [-0.1, -0.05) is 396 Å². The molecule has 0 aromatic rings. The van der Waals surface area contributed by atoms with Crippen LogP contribution in [0.15, 0.2) is 0 Å². The van der Waals surface area contributed by atoms with E-state index in [0.29, 0.717) is 25.7 Å². The van der Waals surface area contributed by atoms with Crippen molar-refractivity contribution in [2.45, 2.75) is 465 Å². The van der Waals surface area contributed by atoms with E-state index in [2.05, 4.69) is 55.4 Å². The van der Waals surface area contributed by atoms with Crippen molar-refractivity contribution in [1.29, 1.82) is 0 Å². The van der Waals surface area contributed by atoms with E-state index in [0.717, 1.165) is 120 Å². The quantitative estimate of drug-likeness (QED) is 0.0222. The molecule has 6 atom stereocenters. The van der Waals surface area contributed by atoms with Crippen LogP contribution in [0.3, 0.4) is 0 Å². The predicted octanol–water partition coefficient (Wildman–Crippen LogP) is 25.9. The lowest BCUT2D eigenvalue weighted by atomic mass is 10.00. The number of esters is 4. The molecule has 0 rings (SSSR count). The predicted molar refractivity (Wildman–Crippen MR) is 432 cm³/mol. The number of aliphatic hydroxyl groups is 1. The molecule has 0 fully saturated rings. The van der Waals surface area contributed by atoms with Gasteiger partial charge in [0.25, 0.3) is 0 Å². The monoisotopic (exact) mass is 1540 g/mol. The minimum atomic E-state index is -4.96. The summed E-state index contributed by atoms with van der Waals surface area (Å²) in [6, 6.07) is 0. The molecule has 3 N–H and O–H groups in total. The third kappa shape index (κ3) is 78.5. The largest absolute Gasteiger partial charge is 0.472 e. The maximum absolute atomic E-state index is 13.1. The van der Waals surface area contributed by atoms with Crippen LogP contribution in [0.2, 0.25) is 0 Å². The maximum Gasteiger partial charge on any atom is 0.472 e. The summed E-state index contributed by atoms with van der Waals surface area (Å²) in [5.41, 5.74) is 0. The standard InChI is InChI=1S/C86H168O17P2/c1-9-79(8)65-57-49-44-45-51-59-67-84(89)97-73-82(103-86(91)69-61-53-43-37-29-25-21-17-13-11-15-19-23-27-33-39-47-55-63-77(4)5)75-101-105(94,95)99-71-80(87)70-98-104(92,93)100-74-81(72-96-83(88)66-58-50-41-35-31-30-34-40-48-56-64-78(6)7)102-85(90)68-60-52-42-36-28-24-20-16-12-10-14-18-22-26-32-38-46-54-62-76(2)3/h76-82,87H,9-75H2,1-8H3,(H,92,93)(H,94,95)/t79?,80-,81-,82-/m1/s1. The number of rotatable bonds is 83. The molecule has 0 aliphatic heterocycles. The highest BCUT2D eigenvalue weighted by Gasteiger charge is 2.31. The molecule has 19 heteroatoms. The first kappa shape index (κ1) is 103. The summed E-state index contributed by atoms with van der Waals surface area (Å²) in [6.45, 7) is 14.3. The number of ether oxygens (including phenoxy) is 4.